The van der Waals surface area contributed by atoms with Gasteiger partial charge in [-0.2, -0.15) is 0 Å². The second-order valence-corrected chi connectivity index (χ2v) is 5.89. The van der Waals surface area contributed by atoms with E-state index in [9.17, 15) is 12.8 Å². The fourth-order valence-corrected chi connectivity index (χ4v) is 2.30. The Labute approximate surface area is 101 Å². The van der Waals surface area contributed by atoms with Gasteiger partial charge in [-0.05, 0) is 18.2 Å². The van der Waals surface area contributed by atoms with Crippen LogP contribution in [0.1, 0.15) is 0 Å². The van der Waals surface area contributed by atoms with Gasteiger partial charge < -0.3 is 10.1 Å². The number of methoxy groups -OCH3 is 1. The molecule has 0 aliphatic heterocycles. The van der Waals surface area contributed by atoms with Crippen LogP contribution in [-0.4, -0.2) is 40.2 Å². The quantitative estimate of drug-likeness (QED) is 0.804. The first-order valence-electron chi connectivity index (χ1n) is 5.22. The summed E-state index contributed by atoms with van der Waals surface area (Å²) in [5, 5.41) is 2.86. The summed E-state index contributed by atoms with van der Waals surface area (Å²) in [6.07, 6.45) is 0. The molecule has 0 aromatic heterocycles. The van der Waals surface area contributed by atoms with E-state index in [4.69, 9.17) is 4.74 Å². The van der Waals surface area contributed by atoms with Crippen LogP contribution >= 0.6 is 0 Å². The Hall–Kier alpha value is -1.14. The molecule has 0 unspecified atom stereocenters. The van der Waals surface area contributed by atoms with E-state index in [0.717, 1.165) is 0 Å². The third kappa shape index (κ3) is 5.65. The van der Waals surface area contributed by atoms with E-state index < -0.39 is 9.84 Å². The van der Waals surface area contributed by atoms with Crippen molar-refractivity contribution in [3.63, 3.8) is 0 Å². The van der Waals surface area contributed by atoms with Crippen LogP contribution in [-0.2, 0) is 14.6 Å². The van der Waals surface area contributed by atoms with E-state index in [1.807, 2.05) is 0 Å². The lowest BCUT2D eigenvalue weighted by Crippen LogP contribution is -2.20. The maximum Gasteiger partial charge on any atom is 0.154 e. The summed E-state index contributed by atoms with van der Waals surface area (Å²) in [5.74, 6) is -0.335. The van der Waals surface area contributed by atoms with Crippen LogP contribution in [0.5, 0.6) is 0 Å². The molecule has 0 fully saturated rings. The van der Waals surface area contributed by atoms with Gasteiger partial charge in [-0.1, -0.05) is 6.07 Å². The van der Waals surface area contributed by atoms with Crippen LogP contribution in [0.4, 0.5) is 10.1 Å². The molecule has 6 heteroatoms. The van der Waals surface area contributed by atoms with E-state index in [0.29, 0.717) is 5.69 Å². The van der Waals surface area contributed by atoms with E-state index in [1.54, 1.807) is 12.1 Å². The largest absolute Gasteiger partial charge is 0.384 e. The second-order valence-electron chi connectivity index (χ2n) is 3.58. The molecule has 0 aliphatic rings. The summed E-state index contributed by atoms with van der Waals surface area (Å²) in [6, 6.07) is 5.91. The first kappa shape index (κ1) is 13.9. The maximum atomic E-state index is 12.8. The molecule has 0 aliphatic carbocycles. The van der Waals surface area contributed by atoms with E-state index in [1.165, 1.54) is 19.2 Å². The number of sulfone groups is 1. The van der Waals surface area contributed by atoms with Crippen molar-refractivity contribution in [3.05, 3.63) is 30.1 Å². The third-order valence-electron chi connectivity index (χ3n) is 2.17. The summed E-state index contributed by atoms with van der Waals surface area (Å²) >= 11 is 0. The Kier molecular flexibility index (Phi) is 5.37. The topological polar surface area (TPSA) is 55.4 Å². The van der Waals surface area contributed by atoms with Gasteiger partial charge in [-0.3, -0.25) is 0 Å². The average Bonchev–Trinajstić information content (AvgIpc) is 2.26. The SMILES string of the molecule is COCCS(=O)(=O)CCNc1cccc(F)c1. The van der Waals surface area contributed by atoms with Crippen molar-refractivity contribution in [2.45, 2.75) is 0 Å². The molecule has 0 radical (unpaired) electrons. The zero-order valence-corrected chi connectivity index (χ0v) is 10.5. The Bertz CT molecular complexity index is 448. The lowest BCUT2D eigenvalue weighted by Gasteiger charge is -2.07. The van der Waals surface area contributed by atoms with Gasteiger partial charge in [-0.25, -0.2) is 12.8 Å². The van der Waals surface area contributed by atoms with E-state index >= 15 is 0 Å². The number of nitrogens with one attached hydrogen (secondary N) is 1. The fourth-order valence-electron chi connectivity index (χ4n) is 1.26. The van der Waals surface area contributed by atoms with Gasteiger partial charge in [0.1, 0.15) is 5.82 Å². The van der Waals surface area contributed by atoms with Crippen molar-refractivity contribution in [1.29, 1.82) is 0 Å². The fraction of sp³-hybridized carbons (Fsp3) is 0.455. The van der Waals surface area contributed by atoms with Crippen molar-refractivity contribution in [3.8, 4) is 0 Å². The van der Waals surface area contributed by atoms with Gasteiger partial charge in [0.05, 0.1) is 18.1 Å². The molecule has 0 bridgehead atoms. The van der Waals surface area contributed by atoms with Crippen molar-refractivity contribution in [2.24, 2.45) is 0 Å². The van der Waals surface area contributed by atoms with Gasteiger partial charge >= 0.3 is 0 Å². The lowest BCUT2D eigenvalue weighted by atomic mass is 10.3. The number of halogens is 1. The van der Waals surface area contributed by atoms with Gasteiger partial charge in [-0.15, -0.1) is 0 Å². The lowest BCUT2D eigenvalue weighted by molar-refractivity contribution is 0.217. The molecule has 1 N–H and O–H groups in total. The summed E-state index contributed by atoms with van der Waals surface area (Å²) < 4.78 is 40.4. The predicted molar refractivity (Wildman–Crippen MR) is 65.4 cm³/mol. The van der Waals surface area contributed by atoms with Crippen molar-refractivity contribution < 1.29 is 17.5 Å². The number of hydrogen-bond donors (Lipinski definition) is 1. The molecule has 1 rings (SSSR count). The minimum Gasteiger partial charge on any atom is -0.384 e. The molecule has 0 spiro atoms. The summed E-state index contributed by atoms with van der Waals surface area (Å²) in [4.78, 5) is 0. The van der Waals surface area contributed by atoms with Crippen molar-refractivity contribution in [2.75, 3.05) is 37.1 Å². The summed E-state index contributed by atoms with van der Waals surface area (Å²) in [5.41, 5.74) is 0.576. The first-order chi connectivity index (χ1) is 8.03. The Morgan fingerprint density at radius 3 is 2.76 bits per heavy atom. The zero-order valence-electron chi connectivity index (χ0n) is 9.65. The molecule has 0 saturated carbocycles. The summed E-state index contributed by atoms with van der Waals surface area (Å²) in [7, 11) is -1.65. The monoisotopic (exact) mass is 261 g/mol. The average molecular weight is 261 g/mol. The molecule has 0 heterocycles. The number of rotatable bonds is 7. The van der Waals surface area contributed by atoms with Crippen LogP contribution in [0.15, 0.2) is 24.3 Å². The Morgan fingerprint density at radius 1 is 1.35 bits per heavy atom. The van der Waals surface area contributed by atoms with Crippen LogP contribution in [0, 0.1) is 5.82 Å². The van der Waals surface area contributed by atoms with Gasteiger partial charge in [0.2, 0.25) is 0 Å². The highest BCUT2D eigenvalue weighted by atomic mass is 32.2. The Balaban J connectivity index is 2.37. The van der Waals surface area contributed by atoms with Crippen LogP contribution in [0.2, 0.25) is 0 Å². The molecule has 0 saturated heterocycles. The molecular weight excluding hydrogens is 245 g/mol. The normalized spacial score (nSPS) is 11.4. The number of anilines is 1. The predicted octanol–water partition coefficient (Wildman–Crippen LogP) is 1.30. The minimum atomic E-state index is -3.11. The third-order valence-corrected chi connectivity index (χ3v) is 3.78. The molecule has 96 valence electrons. The molecule has 1 aromatic rings. The second kappa shape index (κ2) is 6.56. The molecular formula is C11H16FNO3S. The standard InChI is InChI=1S/C11H16FNO3S/c1-16-6-8-17(14,15)7-5-13-11-4-2-3-10(12)9-11/h2-4,9,13H,5-8H2,1H3. The van der Waals surface area contributed by atoms with Gasteiger partial charge in [0, 0.05) is 19.3 Å². The minimum absolute atomic E-state index is 0.00682. The number of ether oxygens (including phenoxy) is 1. The number of benzene rings is 1. The van der Waals surface area contributed by atoms with E-state index in [-0.39, 0.29) is 30.5 Å². The molecule has 0 amide bonds. The van der Waals surface area contributed by atoms with Crippen LogP contribution in [0.25, 0.3) is 0 Å². The molecule has 0 atom stereocenters. The highest BCUT2D eigenvalue weighted by molar-refractivity contribution is 7.91. The number of hydrogen-bond acceptors (Lipinski definition) is 4. The van der Waals surface area contributed by atoms with Crippen LogP contribution < -0.4 is 5.32 Å². The highest BCUT2D eigenvalue weighted by Gasteiger charge is 2.09. The molecule has 17 heavy (non-hydrogen) atoms. The first-order valence-corrected chi connectivity index (χ1v) is 7.04. The van der Waals surface area contributed by atoms with Gasteiger partial charge in [0.25, 0.3) is 0 Å². The zero-order chi connectivity index (χ0) is 12.7. The van der Waals surface area contributed by atoms with Crippen molar-refractivity contribution >= 4 is 15.5 Å². The maximum absolute atomic E-state index is 12.8. The molecule has 4 nitrogen and oxygen atoms in total. The van der Waals surface area contributed by atoms with Gasteiger partial charge in [0.15, 0.2) is 9.84 Å². The van der Waals surface area contributed by atoms with Crippen LogP contribution in [0.3, 0.4) is 0 Å². The smallest absolute Gasteiger partial charge is 0.154 e. The molecule has 1 aromatic carbocycles. The van der Waals surface area contributed by atoms with Crippen molar-refractivity contribution in [1.82, 2.24) is 0 Å². The highest BCUT2D eigenvalue weighted by Crippen LogP contribution is 2.08. The Morgan fingerprint density at radius 2 is 2.12 bits per heavy atom. The summed E-state index contributed by atoms with van der Waals surface area (Å²) in [6.45, 7) is 0.456. The van der Waals surface area contributed by atoms with E-state index in [2.05, 4.69) is 5.32 Å².